The number of anilines is 1. The normalized spacial score (nSPS) is 18.1. The smallest absolute Gasteiger partial charge is 0.314 e. The molecule has 1 heterocycles. The third-order valence-electron chi connectivity index (χ3n) is 4.16. The van der Waals surface area contributed by atoms with E-state index in [1.165, 1.54) is 19.2 Å². The fourth-order valence-corrected chi connectivity index (χ4v) is 2.75. The Morgan fingerprint density at radius 3 is 2.67 bits per heavy atom. The van der Waals surface area contributed by atoms with Crippen LogP contribution in [-0.4, -0.2) is 56.1 Å². The number of halogens is 2. The van der Waals surface area contributed by atoms with Crippen LogP contribution < -0.4 is 15.5 Å². The molecular weight excluding hydrogens is 318 g/mol. The minimum atomic E-state index is -0.614. The van der Waals surface area contributed by atoms with E-state index in [4.69, 9.17) is 0 Å². The van der Waals surface area contributed by atoms with Gasteiger partial charge in [-0.25, -0.2) is 13.6 Å². The summed E-state index contributed by atoms with van der Waals surface area (Å²) in [6, 6.07) is 3.06. The highest BCUT2D eigenvalue weighted by Gasteiger charge is 2.26. The van der Waals surface area contributed by atoms with Gasteiger partial charge in [-0.3, -0.25) is 4.79 Å². The molecule has 1 unspecified atom stereocenters. The van der Waals surface area contributed by atoms with Crippen LogP contribution in [0.15, 0.2) is 18.2 Å². The standard InChI is InChI=1S/C16H22F2N4O2/c1-11-5-6-21(14-4-3-12(17)9-13(14)18)7-8-22(11)15(23)10-20-16(24)19-2/h3-4,9,11H,5-8,10H2,1-2H3,(H2,19,20,24). The fraction of sp³-hybridized carbons (Fsp3) is 0.500. The second-order valence-corrected chi connectivity index (χ2v) is 5.74. The SMILES string of the molecule is CNC(=O)NCC(=O)N1CCN(c2ccc(F)cc2F)CCC1C. The highest BCUT2D eigenvalue weighted by molar-refractivity contribution is 5.84. The summed E-state index contributed by atoms with van der Waals surface area (Å²) in [4.78, 5) is 26.9. The van der Waals surface area contributed by atoms with Crippen molar-refractivity contribution in [3.63, 3.8) is 0 Å². The molecule has 1 aromatic carbocycles. The van der Waals surface area contributed by atoms with Crippen LogP contribution >= 0.6 is 0 Å². The number of nitrogens with one attached hydrogen (secondary N) is 2. The van der Waals surface area contributed by atoms with Crippen molar-refractivity contribution in [1.82, 2.24) is 15.5 Å². The highest BCUT2D eigenvalue weighted by atomic mass is 19.1. The summed E-state index contributed by atoms with van der Waals surface area (Å²) in [5.74, 6) is -1.41. The summed E-state index contributed by atoms with van der Waals surface area (Å²) < 4.78 is 27.0. The molecule has 0 aromatic heterocycles. The van der Waals surface area contributed by atoms with Crippen molar-refractivity contribution in [1.29, 1.82) is 0 Å². The van der Waals surface area contributed by atoms with Gasteiger partial charge in [0.15, 0.2) is 0 Å². The Kier molecular flexibility index (Phi) is 5.94. The number of nitrogens with zero attached hydrogens (tertiary/aromatic N) is 2. The predicted octanol–water partition coefficient (Wildman–Crippen LogP) is 1.32. The van der Waals surface area contributed by atoms with Crippen LogP contribution in [-0.2, 0) is 4.79 Å². The monoisotopic (exact) mass is 340 g/mol. The topological polar surface area (TPSA) is 64.7 Å². The molecule has 132 valence electrons. The minimum absolute atomic E-state index is 0.0301. The molecule has 0 saturated carbocycles. The summed E-state index contributed by atoms with van der Waals surface area (Å²) in [5.41, 5.74) is 0.335. The Balaban J connectivity index is 2.02. The van der Waals surface area contributed by atoms with E-state index < -0.39 is 17.7 Å². The molecule has 6 nitrogen and oxygen atoms in total. The largest absolute Gasteiger partial charge is 0.367 e. The molecule has 0 bridgehead atoms. The van der Waals surface area contributed by atoms with Crippen molar-refractivity contribution in [3.8, 4) is 0 Å². The molecule has 1 aliphatic heterocycles. The minimum Gasteiger partial charge on any atom is -0.367 e. The molecule has 1 atom stereocenters. The molecule has 1 fully saturated rings. The maximum Gasteiger partial charge on any atom is 0.314 e. The number of amides is 3. The number of carbonyl (C=O) groups excluding carboxylic acids is 2. The zero-order valence-electron chi connectivity index (χ0n) is 13.8. The first-order valence-electron chi connectivity index (χ1n) is 7.87. The van der Waals surface area contributed by atoms with Crippen LogP contribution in [0, 0.1) is 11.6 Å². The van der Waals surface area contributed by atoms with Gasteiger partial charge in [-0.1, -0.05) is 0 Å². The first-order chi connectivity index (χ1) is 11.4. The van der Waals surface area contributed by atoms with E-state index in [-0.39, 0.29) is 18.5 Å². The van der Waals surface area contributed by atoms with Crippen molar-refractivity contribution >= 4 is 17.6 Å². The van der Waals surface area contributed by atoms with E-state index in [0.29, 0.717) is 31.7 Å². The number of hydrogen-bond donors (Lipinski definition) is 2. The van der Waals surface area contributed by atoms with E-state index in [1.807, 2.05) is 11.8 Å². The Labute approximate surface area is 139 Å². The van der Waals surface area contributed by atoms with Gasteiger partial charge in [-0.05, 0) is 25.5 Å². The van der Waals surface area contributed by atoms with Crippen LogP contribution in [0.4, 0.5) is 19.3 Å². The molecule has 0 spiro atoms. The number of urea groups is 1. The van der Waals surface area contributed by atoms with Gasteiger partial charge in [-0.2, -0.15) is 0 Å². The Morgan fingerprint density at radius 1 is 1.25 bits per heavy atom. The van der Waals surface area contributed by atoms with Crippen molar-refractivity contribution in [2.24, 2.45) is 0 Å². The lowest BCUT2D eigenvalue weighted by Crippen LogP contribution is -2.46. The highest BCUT2D eigenvalue weighted by Crippen LogP contribution is 2.23. The zero-order valence-corrected chi connectivity index (χ0v) is 13.8. The number of rotatable bonds is 3. The summed E-state index contributed by atoms with van der Waals surface area (Å²) >= 11 is 0. The summed E-state index contributed by atoms with van der Waals surface area (Å²) in [7, 11) is 1.48. The first-order valence-corrected chi connectivity index (χ1v) is 7.87. The third kappa shape index (κ3) is 4.33. The maximum atomic E-state index is 14.0. The van der Waals surface area contributed by atoms with E-state index >= 15 is 0 Å². The van der Waals surface area contributed by atoms with Crippen LogP contribution in [0.1, 0.15) is 13.3 Å². The Morgan fingerprint density at radius 2 is 2.00 bits per heavy atom. The third-order valence-corrected chi connectivity index (χ3v) is 4.16. The van der Waals surface area contributed by atoms with Gasteiger partial charge in [0.1, 0.15) is 11.6 Å². The molecule has 8 heteroatoms. The van der Waals surface area contributed by atoms with Crippen LogP contribution in [0.3, 0.4) is 0 Å². The second kappa shape index (κ2) is 7.94. The Hall–Kier alpha value is -2.38. The van der Waals surface area contributed by atoms with Gasteiger partial charge in [0.05, 0.1) is 12.2 Å². The molecule has 2 N–H and O–H groups in total. The second-order valence-electron chi connectivity index (χ2n) is 5.74. The van der Waals surface area contributed by atoms with Gasteiger partial charge in [0.2, 0.25) is 5.91 Å². The summed E-state index contributed by atoms with van der Waals surface area (Å²) in [6.45, 7) is 3.25. The quantitative estimate of drug-likeness (QED) is 0.872. The lowest BCUT2D eigenvalue weighted by Gasteiger charge is -2.27. The zero-order chi connectivity index (χ0) is 17.7. The molecule has 1 aromatic rings. The molecule has 24 heavy (non-hydrogen) atoms. The van der Waals surface area contributed by atoms with Crippen LogP contribution in [0.5, 0.6) is 0 Å². The number of carbonyl (C=O) groups is 2. The number of benzene rings is 1. The first kappa shape index (κ1) is 18.0. The van der Waals surface area contributed by atoms with Crippen LogP contribution in [0.25, 0.3) is 0 Å². The van der Waals surface area contributed by atoms with Crippen molar-refractivity contribution in [2.75, 3.05) is 38.1 Å². The van der Waals surface area contributed by atoms with Crippen LogP contribution in [0.2, 0.25) is 0 Å². The van der Waals surface area contributed by atoms with Crippen molar-refractivity contribution in [3.05, 3.63) is 29.8 Å². The molecule has 0 radical (unpaired) electrons. The molecule has 3 amide bonds. The maximum absolute atomic E-state index is 14.0. The predicted molar refractivity (Wildman–Crippen MR) is 86.8 cm³/mol. The van der Waals surface area contributed by atoms with E-state index in [2.05, 4.69) is 10.6 Å². The summed E-state index contributed by atoms with van der Waals surface area (Å²) in [5, 5.41) is 4.86. The molecule has 2 rings (SSSR count). The van der Waals surface area contributed by atoms with Gasteiger partial charge in [0.25, 0.3) is 0 Å². The summed E-state index contributed by atoms with van der Waals surface area (Å²) in [6.07, 6.45) is 0.655. The van der Waals surface area contributed by atoms with Gasteiger partial charge >= 0.3 is 6.03 Å². The lowest BCUT2D eigenvalue weighted by molar-refractivity contribution is -0.131. The average molecular weight is 340 g/mol. The van der Waals surface area contributed by atoms with Crippen molar-refractivity contribution in [2.45, 2.75) is 19.4 Å². The van der Waals surface area contributed by atoms with E-state index in [0.717, 1.165) is 6.07 Å². The lowest BCUT2D eigenvalue weighted by atomic mass is 10.2. The average Bonchev–Trinajstić information content (AvgIpc) is 2.74. The fourth-order valence-electron chi connectivity index (χ4n) is 2.75. The molecule has 1 saturated heterocycles. The molecule has 0 aliphatic carbocycles. The van der Waals surface area contributed by atoms with E-state index in [9.17, 15) is 18.4 Å². The Bertz CT molecular complexity index is 612. The molecule has 1 aliphatic rings. The van der Waals surface area contributed by atoms with Gasteiger partial charge < -0.3 is 20.4 Å². The van der Waals surface area contributed by atoms with Crippen molar-refractivity contribution < 1.29 is 18.4 Å². The van der Waals surface area contributed by atoms with Gasteiger partial charge in [-0.15, -0.1) is 0 Å². The number of hydrogen-bond acceptors (Lipinski definition) is 3. The molecular formula is C16H22F2N4O2. The van der Waals surface area contributed by atoms with E-state index in [1.54, 1.807) is 4.90 Å². The van der Waals surface area contributed by atoms with Gasteiger partial charge in [0, 0.05) is 38.8 Å².